The van der Waals surface area contributed by atoms with Gasteiger partial charge in [-0.2, -0.15) is 0 Å². The summed E-state index contributed by atoms with van der Waals surface area (Å²) >= 11 is 0. The molecule has 0 aliphatic carbocycles. The van der Waals surface area contributed by atoms with Gasteiger partial charge in [-0.25, -0.2) is 0 Å². The maximum absolute atomic E-state index is 13.2. The number of nitrogens with one attached hydrogen (secondary N) is 1. The fraction of sp³-hybridized carbons (Fsp3) is 0.214. The number of carbonyl (C=O) groups is 2. The van der Waals surface area contributed by atoms with Crippen LogP contribution in [0.25, 0.3) is 43.4 Å². The van der Waals surface area contributed by atoms with Crippen LogP contribution in [0.2, 0.25) is 0 Å². The second kappa shape index (κ2) is 7.35. The van der Waals surface area contributed by atoms with Crippen LogP contribution in [0.4, 0.5) is 0 Å². The van der Waals surface area contributed by atoms with Crippen molar-refractivity contribution in [2.45, 2.75) is 37.6 Å². The molecule has 1 fully saturated rings. The molecule has 1 aromatic heterocycles. The SMILES string of the molecule is C[C@@H]1O[C@@H](n2c3ccccc3c3c4c(c5c6ccccc6ccc5c32)C(=O)NC4=O)[C@H](O)[C@H](O)[C@H]1O. The van der Waals surface area contributed by atoms with Gasteiger partial charge in [-0.3, -0.25) is 14.9 Å². The molecule has 5 atom stereocenters. The molecule has 0 spiro atoms. The van der Waals surface area contributed by atoms with Gasteiger partial charge in [0.25, 0.3) is 11.8 Å². The van der Waals surface area contributed by atoms with E-state index < -0.39 is 42.5 Å². The van der Waals surface area contributed by atoms with Gasteiger partial charge in [-0.15, -0.1) is 0 Å². The first kappa shape index (κ1) is 21.5. The molecule has 3 heterocycles. The maximum atomic E-state index is 13.2. The molecule has 0 saturated carbocycles. The predicted molar refractivity (Wildman–Crippen MR) is 134 cm³/mol. The van der Waals surface area contributed by atoms with E-state index in [1.165, 1.54) is 0 Å². The first-order valence-electron chi connectivity index (χ1n) is 11.8. The lowest BCUT2D eigenvalue weighted by atomic mass is 9.91. The Kier molecular flexibility index (Phi) is 4.38. The zero-order chi connectivity index (χ0) is 24.9. The molecule has 5 aromatic rings. The Labute approximate surface area is 204 Å². The zero-order valence-electron chi connectivity index (χ0n) is 19.2. The second-order valence-corrected chi connectivity index (χ2v) is 9.56. The number of amides is 2. The first-order valence-corrected chi connectivity index (χ1v) is 11.8. The molecule has 36 heavy (non-hydrogen) atoms. The van der Waals surface area contributed by atoms with Crippen molar-refractivity contribution in [3.8, 4) is 0 Å². The maximum Gasteiger partial charge on any atom is 0.259 e. The third-order valence-corrected chi connectivity index (χ3v) is 7.61. The lowest BCUT2D eigenvalue weighted by Gasteiger charge is -2.40. The van der Waals surface area contributed by atoms with Gasteiger partial charge >= 0.3 is 0 Å². The predicted octanol–water partition coefficient (Wildman–Crippen LogP) is 2.98. The number of rotatable bonds is 1. The summed E-state index contributed by atoms with van der Waals surface area (Å²) in [7, 11) is 0. The van der Waals surface area contributed by atoms with Gasteiger partial charge in [0.05, 0.1) is 28.3 Å². The van der Waals surface area contributed by atoms with Crippen LogP contribution in [0.5, 0.6) is 0 Å². The van der Waals surface area contributed by atoms with E-state index in [0.29, 0.717) is 38.1 Å². The van der Waals surface area contributed by atoms with Crippen molar-refractivity contribution >= 4 is 55.2 Å². The summed E-state index contributed by atoms with van der Waals surface area (Å²) < 4.78 is 7.87. The third kappa shape index (κ3) is 2.61. The number of para-hydroxylation sites is 1. The van der Waals surface area contributed by atoms with Crippen molar-refractivity contribution in [3.63, 3.8) is 0 Å². The summed E-state index contributed by atoms with van der Waals surface area (Å²) in [5.41, 5.74) is 1.90. The Balaban J connectivity index is 1.73. The quantitative estimate of drug-likeness (QED) is 0.215. The van der Waals surface area contributed by atoms with E-state index in [9.17, 15) is 24.9 Å². The fourth-order valence-electron chi connectivity index (χ4n) is 5.96. The van der Waals surface area contributed by atoms with Gasteiger partial charge < -0.3 is 24.6 Å². The minimum atomic E-state index is -1.44. The molecule has 0 unspecified atom stereocenters. The lowest BCUT2D eigenvalue weighted by Crippen LogP contribution is -2.54. The molecule has 0 bridgehead atoms. The Hall–Kier alpha value is -3.82. The number of aliphatic hydroxyl groups excluding tert-OH is 3. The number of ether oxygens (including phenoxy) is 1. The largest absolute Gasteiger partial charge is 0.388 e. The van der Waals surface area contributed by atoms with E-state index in [-0.39, 0.29) is 5.56 Å². The van der Waals surface area contributed by atoms with E-state index in [2.05, 4.69) is 5.32 Å². The van der Waals surface area contributed by atoms with E-state index >= 15 is 0 Å². The van der Waals surface area contributed by atoms with Gasteiger partial charge in [0.2, 0.25) is 0 Å². The van der Waals surface area contributed by atoms with Crippen molar-refractivity contribution in [2.75, 3.05) is 0 Å². The summed E-state index contributed by atoms with van der Waals surface area (Å²) in [4.78, 5) is 26.3. The Bertz CT molecular complexity index is 1770. The molecule has 8 heteroatoms. The Morgan fingerprint density at radius 3 is 2.19 bits per heavy atom. The van der Waals surface area contributed by atoms with Crippen LogP contribution < -0.4 is 5.32 Å². The highest BCUT2D eigenvalue weighted by Crippen LogP contribution is 2.45. The normalized spacial score (nSPS) is 26.3. The molecule has 1 saturated heterocycles. The van der Waals surface area contributed by atoms with Crippen LogP contribution in [0.3, 0.4) is 0 Å². The lowest BCUT2D eigenvalue weighted by molar-refractivity contribution is -0.238. The molecule has 0 radical (unpaired) electrons. The Morgan fingerprint density at radius 1 is 0.750 bits per heavy atom. The standard InChI is InChI=1S/C28H22N2O6/c1-12-23(31)24(32)25(33)28(36-12)30-17-9-5-4-8-15(17)19-21-20(26(34)29-27(21)35)18-14-7-3-2-6-13(14)10-11-16(18)22(19)30/h2-12,23-25,28,31-33H,1H3,(H,29,34,35)/t12-,23-,24+,25+,28+/m0/s1. The number of benzene rings is 4. The summed E-state index contributed by atoms with van der Waals surface area (Å²) in [5.74, 6) is -0.928. The third-order valence-electron chi connectivity index (χ3n) is 7.61. The zero-order valence-corrected chi connectivity index (χ0v) is 19.2. The van der Waals surface area contributed by atoms with Gasteiger partial charge in [-0.05, 0) is 23.8 Å². The topological polar surface area (TPSA) is 121 Å². The van der Waals surface area contributed by atoms with Crippen molar-refractivity contribution in [1.29, 1.82) is 0 Å². The van der Waals surface area contributed by atoms with Crippen LogP contribution in [-0.2, 0) is 4.74 Å². The van der Waals surface area contributed by atoms with E-state index in [4.69, 9.17) is 4.74 Å². The molecule has 4 N–H and O–H groups in total. The molecule has 2 amide bonds. The summed E-state index contributed by atoms with van der Waals surface area (Å²) in [6.07, 6.45) is -5.92. The van der Waals surface area contributed by atoms with Crippen molar-refractivity contribution in [1.82, 2.24) is 9.88 Å². The molecule has 7 rings (SSSR count). The smallest absolute Gasteiger partial charge is 0.259 e. The number of aromatic nitrogens is 1. The highest BCUT2D eigenvalue weighted by atomic mass is 16.5. The minimum absolute atomic E-state index is 0.285. The molecular weight excluding hydrogens is 460 g/mol. The average molecular weight is 482 g/mol. The number of fused-ring (bicyclic) bond motifs is 10. The minimum Gasteiger partial charge on any atom is -0.388 e. The van der Waals surface area contributed by atoms with Gasteiger partial charge in [0.15, 0.2) is 6.23 Å². The number of hydrogen-bond acceptors (Lipinski definition) is 6. The molecule has 2 aliphatic rings. The van der Waals surface area contributed by atoms with Crippen LogP contribution in [0.15, 0.2) is 60.7 Å². The monoisotopic (exact) mass is 482 g/mol. The number of imide groups is 1. The van der Waals surface area contributed by atoms with Gasteiger partial charge in [0.1, 0.15) is 18.3 Å². The van der Waals surface area contributed by atoms with Crippen LogP contribution in [-0.4, -0.2) is 56.1 Å². The van der Waals surface area contributed by atoms with Crippen LogP contribution in [0.1, 0.15) is 33.9 Å². The Morgan fingerprint density at radius 2 is 1.42 bits per heavy atom. The van der Waals surface area contributed by atoms with Crippen molar-refractivity contribution in [3.05, 3.63) is 71.8 Å². The highest BCUT2D eigenvalue weighted by molar-refractivity contribution is 6.39. The van der Waals surface area contributed by atoms with E-state index in [1.54, 1.807) is 11.5 Å². The van der Waals surface area contributed by atoms with Crippen molar-refractivity contribution < 1.29 is 29.6 Å². The fourth-order valence-corrected chi connectivity index (χ4v) is 5.96. The molecule has 180 valence electrons. The van der Waals surface area contributed by atoms with E-state index in [0.717, 1.165) is 10.8 Å². The molecule has 2 aliphatic heterocycles. The number of carbonyl (C=O) groups excluding carboxylic acids is 2. The number of hydrogen-bond donors (Lipinski definition) is 4. The number of aliphatic hydroxyl groups is 3. The number of nitrogens with zero attached hydrogens (tertiary/aromatic N) is 1. The highest BCUT2D eigenvalue weighted by Gasteiger charge is 2.44. The molecule has 4 aromatic carbocycles. The summed E-state index contributed by atoms with van der Waals surface area (Å²) in [6, 6.07) is 18.9. The van der Waals surface area contributed by atoms with Gasteiger partial charge in [0, 0.05) is 21.5 Å². The first-order chi connectivity index (χ1) is 17.4. The second-order valence-electron chi connectivity index (χ2n) is 9.56. The van der Waals surface area contributed by atoms with Crippen LogP contribution >= 0.6 is 0 Å². The van der Waals surface area contributed by atoms with Crippen molar-refractivity contribution in [2.24, 2.45) is 0 Å². The average Bonchev–Trinajstić information content (AvgIpc) is 3.38. The van der Waals surface area contributed by atoms with Crippen LogP contribution in [0, 0.1) is 0 Å². The summed E-state index contributed by atoms with van der Waals surface area (Å²) in [5, 5.41) is 38.8. The summed E-state index contributed by atoms with van der Waals surface area (Å²) in [6.45, 7) is 1.63. The molecular formula is C28H22N2O6. The molecule has 8 nitrogen and oxygen atoms in total. The van der Waals surface area contributed by atoms with Gasteiger partial charge in [-0.1, -0.05) is 54.6 Å². The van der Waals surface area contributed by atoms with E-state index in [1.807, 2.05) is 60.7 Å².